The predicted octanol–water partition coefficient (Wildman–Crippen LogP) is 1.91. The van der Waals surface area contributed by atoms with E-state index < -0.39 is 10.1 Å². The zero-order valence-electron chi connectivity index (χ0n) is 12.7. The molecule has 0 spiro atoms. The second kappa shape index (κ2) is 7.37. The number of aryl methyl sites for hydroxylation is 1. The van der Waals surface area contributed by atoms with Crippen molar-refractivity contribution in [3.8, 4) is 22.4 Å². The van der Waals surface area contributed by atoms with E-state index in [-0.39, 0.29) is 15.8 Å². The van der Waals surface area contributed by atoms with E-state index in [0.717, 1.165) is 16.7 Å². The van der Waals surface area contributed by atoms with Crippen molar-refractivity contribution >= 4 is 10.1 Å². The van der Waals surface area contributed by atoms with Crippen molar-refractivity contribution in [3.05, 3.63) is 60.4 Å². The number of aromatic nitrogens is 1. The van der Waals surface area contributed by atoms with Crippen molar-refractivity contribution in [1.29, 1.82) is 0 Å². The van der Waals surface area contributed by atoms with Crippen LogP contribution in [0.25, 0.3) is 22.4 Å². The largest absolute Gasteiger partial charge is 0.412 e. The third-order valence-electron chi connectivity index (χ3n) is 3.35. The van der Waals surface area contributed by atoms with E-state index in [1.807, 2.05) is 30.3 Å². The average Bonchev–Trinajstić information content (AvgIpc) is 2.89. The van der Waals surface area contributed by atoms with Gasteiger partial charge in [0.15, 0.2) is 0 Å². The molecule has 1 aromatic heterocycles. The third kappa shape index (κ3) is 3.69. The van der Waals surface area contributed by atoms with Crippen LogP contribution in [0.3, 0.4) is 0 Å². The van der Waals surface area contributed by atoms with Gasteiger partial charge in [0.2, 0.25) is 0 Å². The zero-order chi connectivity index (χ0) is 15.7. The van der Waals surface area contributed by atoms with Gasteiger partial charge in [-0.3, -0.25) is 4.55 Å². The number of benzene rings is 2. The summed E-state index contributed by atoms with van der Waals surface area (Å²) in [7, 11) is -4.20. The first-order valence-corrected chi connectivity index (χ1v) is 8.00. The Labute approximate surface area is 138 Å². The first-order valence-electron chi connectivity index (χ1n) is 6.56. The molecule has 0 aliphatic heterocycles. The monoisotopic (exact) mass is 351 g/mol. The fourth-order valence-electron chi connectivity index (χ4n) is 2.30. The lowest BCUT2D eigenvalue weighted by Crippen LogP contribution is -1.97. The standard InChI is InChI=1S/C16H13NO4S.2H2O/c1-11-15(12-7-9-14(10-8-12)22(18,19)20)16(17-21-11)13-5-3-2-4-6-13;;/h2-10H,1H3,(H,18,19,20);2*1H2. The highest BCUT2D eigenvalue weighted by atomic mass is 32.2. The number of hydrogen-bond acceptors (Lipinski definition) is 4. The predicted molar refractivity (Wildman–Crippen MR) is 89.2 cm³/mol. The van der Waals surface area contributed by atoms with Crippen LogP contribution in [-0.4, -0.2) is 29.1 Å². The quantitative estimate of drug-likeness (QED) is 0.717. The molecule has 0 aliphatic rings. The van der Waals surface area contributed by atoms with Gasteiger partial charge in [0.1, 0.15) is 11.5 Å². The van der Waals surface area contributed by atoms with E-state index in [1.54, 1.807) is 19.1 Å². The summed E-state index contributed by atoms with van der Waals surface area (Å²) in [6.45, 7) is 1.80. The van der Waals surface area contributed by atoms with Crippen LogP contribution in [0, 0.1) is 6.92 Å². The Morgan fingerprint density at radius 2 is 1.50 bits per heavy atom. The number of nitrogens with zero attached hydrogens (tertiary/aromatic N) is 1. The van der Waals surface area contributed by atoms with Gasteiger partial charge in [-0.1, -0.05) is 47.6 Å². The Bertz CT molecular complexity index is 902. The zero-order valence-corrected chi connectivity index (χ0v) is 13.5. The minimum absolute atomic E-state index is 0. The second-order valence-corrected chi connectivity index (χ2v) is 6.25. The van der Waals surface area contributed by atoms with Gasteiger partial charge >= 0.3 is 0 Å². The lowest BCUT2D eigenvalue weighted by Gasteiger charge is -2.04. The van der Waals surface area contributed by atoms with Gasteiger partial charge in [-0.2, -0.15) is 8.42 Å². The molecule has 3 rings (SSSR count). The first kappa shape index (κ1) is 19.5. The maximum absolute atomic E-state index is 11.1. The van der Waals surface area contributed by atoms with Crippen LogP contribution in [0.2, 0.25) is 0 Å². The average molecular weight is 351 g/mol. The van der Waals surface area contributed by atoms with Gasteiger partial charge in [0.05, 0.1) is 10.5 Å². The van der Waals surface area contributed by atoms with Gasteiger partial charge < -0.3 is 15.5 Å². The Kier molecular flexibility index (Phi) is 5.99. The number of rotatable bonds is 3. The van der Waals surface area contributed by atoms with Crippen LogP contribution in [0.1, 0.15) is 5.76 Å². The van der Waals surface area contributed by atoms with Crippen molar-refractivity contribution in [3.63, 3.8) is 0 Å². The highest BCUT2D eigenvalue weighted by Gasteiger charge is 2.17. The second-order valence-electron chi connectivity index (χ2n) is 4.83. The molecule has 24 heavy (non-hydrogen) atoms. The van der Waals surface area contributed by atoms with Crippen molar-refractivity contribution in [2.75, 3.05) is 0 Å². The van der Waals surface area contributed by atoms with Crippen LogP contribution >= 0.6 is 0 Å². The molecule has 0 atom stereocenters. The van der Waals surface area contributed by atoms with Gasteiger partial charge in [-0.25, -0.2) is 0 Å². The summed E-state index contributed by atoms with van der Waals surface area (Å²) in [5.74, 6) is 0.637. The van der Waals surface area contributed by atoms with E-state index in [4.69, 9.17) is 9.08 Å². The molecule has 1 heterocycles. The van der Waals surface area contributed by atoms with Gasteiger partial charge in [-0.15, -0.1) is 0 Å². The Morgan fingerprint density at radius 1 is 0.917 bits per heavy atom. The molecule has 3 aromatic rings. The third-order valence-corrected chi connectivity index (χ3v) is 4.22. The topological polar surface area (TPSA) is 143 Å². The van der Waals surface area contributed by atoms with Crippen LogP contribution in [0.15, 0.2) is 64.0 Å². The van der Waals surface area contributed by atoms with Crippen LogP contribution < -0.4 is 0 Å². The molecule has 7 nitrogen and oxygen atoms in total. The molecule has 0 saturated heterocycles. The first-order chi connectivity index (χ1) is 10.5. The lowest BCUT2D eigenvalue weighted by atomic mass is 10.00. The van der Waals surface area contributed by atoms with Crippen molar-refractivity contribution in [2.45, 2.75) is 11.8 Å². The van der Waals surface area contributed by atoms with Gasteiger partial charge in [-0.05, 0) is 24.6 Å². The molecule has 0 saturated carbocycles. The molecule has 0 radical (unpaired) electrons. The van der Waals surface area contributed by atoms with Crippen LogP contribution in [0.5, 0.6) is 0 Å². The molecule has 128 valence electrons. The summed E-state index contributed by atoms with van der Waals surface area (Å²) in [6.07, 6.45) is 0. The highest BCUT2D eigenvalue weighted by Crippen LogP contribution is 2.34. The minimum Gasteiger partial charge on any atom is -0.412 e. The SMILES string of the molecule is Cc1onc(-c2ccccc2)c1-c1ccc(S(=O)(=O)O)cc1.O.O. The molecule has 0 amide bonds. The van der Waals surface area contributed by atoms with Crippen LogP contribution in [-0.2, 0) is 10.1 Å². The molecular formula is C16H17NO6S. The molecular weight excluding hydrogens is 334 g/mol. The maximum Gasteiger partial charge on any atom is 0.294 e. The normalized spacial score (nSPS) is 10.6. The smallest absolute Gasteiger partial charge is 0.294 e. The molecule has 0 aliphatic carbocycles. The number of hydrogen-bond donors (Lipinski definition) is 1. The highest BCUT2D eigenvalue weighted by molar-refractivity contribution is 7.85. The van der Waals surface area contributed by atoms with Crippen LogP contribution in [0.4, 0.5) is 0 Å². The van der Waals surface area contributed by atoms with E-state index in [9.17, 15) is 8.42 Å². The van der Waals surface area contributed by atoms with Gasteiger partial charge in [0, 0.05) is 5.56 Å². The van der Waals surface area contributed by atoms with E-state index in [0.29, 0.717) is 11.5 Å². The summed E-state index contributed by atoms with van der Waals surface area (Å²) >= 11 is 0. The van der Waals surface area contributed by atoms with Crippen molar-refractivity contribution < 1.29 is 28.4 Å². The molecule has 2 aromatic carbocycles. The fourth-order valence-corrected chi connectivity index (χ4v) is 2.78. The summed E-state index contributed by atoms with van der Waals surface area (Å²) in [4.78, 5) is -0.147. The molecule has 0 fully saturated rings. The Balaban J connectivity index is 0.00000144. The summed E-state index contributed by atoms with van der Waals surface area (Å²) in [6, 6.07) is 15.5. The molecule has 8 heteroatoms. The van der Waals surface area contributed by atoms with Crippen molar-refractivity contribution in [2.24, 2.45) is 0 Å². The fraction of sp³-hybridized carbons (Fsp3) is 0.0625. The molecule has 0 unspecified atom stereocenters. The van der Waals surface area contributed by atoms with E-state index in [1.165, 1.54) is 12.1 Å². The van der Waals surface area contributed by atoms with E-state index >= 15 is 0 Å². The summed E-state index contributed by atoms with van der Waals surface area (Å²) in [5.41, 5.74) is 3.17. The van der Waals surface area contributed by atoms with E-state index in [2.05, 4.69) is 5.16 Å². The lowest BCUT2D eigenvalue weighted by molar-refractivity contribution is 0.400. The molecule has 0 bridgehead atoms. The summed E-state index contributed by atoms with van der Waals surface area (Å²) in [5, 5.41) is 4.09. The maximum atomic E-state index is 11.1. The molecule has 5 N–H and O–H groups in total. The minimum atomic E-state index is -4.20. The Morgan fingerprint density at radius 3 is 2.04 bits per heavy atom. The Hall–Kier alpha value is -2.52. The summed E-state index contributed by atoms with van der Waals surface area (Å²) < 4.78 is 36.5. The van der Waals surface area contributed by atoms with Crippen molar-refractivity contribution in [1.82, 2.24) is 5.16 Å². The van der Waals surface area contributed by atoms with Gasteiger partial charge in [0.25, 0.3) is 10.1 Å².